The molecule has 4 rings (SSSR count). The second kappa shape index (κ2) is 12.6. The molecule has 1 aliphatic heterocycles. The van der Waals surface area contributed by atoms with Crippen molar-refractivity contribution >= 4 is 35.0 Å². The molecule has 1 unspecified atom stereocenters. The van der Waals surface area contributed by atoms with E-state index in [4.69, 9.17) is 16.3 Å². The van der Waals surface area contributed by atoms with Crippen LogP contribution in [0.15, 0.2) is 36.4 Å². The van der Waals surface area contributed by atoms with Crippen LogP contribution in [0.3, 0.4) is 0 Å². The topological polar surface area (TPSA) is 89.3 Å². The van der Waals surface area contributed by atoms with E-state index in [9.17, 15) is 14.0 Å². The summed E-state index contributed by atoms with van der Waals surface area (Å²) in [7, 11) is 0. The Morgan fingerprint density at radius 3 is 2.43 bits per heavy atom. The fraction of sp³-hybridized carbons (Fsp3) is 0.515. The van der Waals surface area contributed by atoms with E-state index in [0.29, 0.717) is 31.0 Å². The normalized spacial score (nSPS) is 19.6. The van der Waals surface area contributed by atoms with Crippen LogP contribution < -0.4 is 5.32 Å². The zero-order valence-electron chi connectivity index (χ0n) is 26.7. The molecule has 3 heterocycles. The van der Waals surface area contributed by atoms with Crippen molar-refractivity contribution < 1.29 is 23.1 Å². The number of aryl methyl sites for hydroxylation is 1. The molecule has 1 fully saturated rings. The van der Waals surface area contributed by atoms with E-state index in [0.717, 1.165) is 5.69 Å². The molecule has 238 valence electrons. The summed E-state index contributed by atoms with van der Waals surface area (Å²) < 4.78 is 37.6. The van der Waals surface area contributed by atoms with E-state index in [2.05, 4.69) is 36.2 Å². The van der Waals surface area contributed by atoms with Crippen LogP contribution in [0.5, 0.6) is 0 Å². The molecular weight excluding hydrogens is 588 g/mol. The molecule has 44 heavy (non-hydrogen) atoms. The van der Waals surface area contributed by atoms with Crippen molar-refractivity contribution in [3.05, 3.63) is 70.0 Å². The number of carbonyl (C=O) groups is 2. The van der Waals surface area contributed by atoms with Crippen molar-refractivity contribution in [2.24, 2.45) is 5.41 Å². The fourth-order valence-electron chi connectivity index (χ4n) is 5.75. The van der Waals surface area contributed by atoms with Crippen LogP contribution in [0, 0.1) is 24.0 Å². The van der Waals surface area contributed by atoms with Gasteiger partial charge in [-0.1, -0.05) is 17.7 Å². The van der Waals surface area contributed by atoms with Crippen molar-refractivity contribution in [1.82, 2.24) is 19.7 Å². The molecule has 11 heteroatoms. The molecule has 0 spiro atoms. The number of rotatable bonds is 8. The SMILES string of the molecule is Cc1cc(Nc2ccc(F)c(CC3(C(=O)OC(C)(C)C)CCN(CC(=O)c4cccc(Cl)c4F)[C@H](C)C3)n2)nn1C(C)(C)C. The summed E-state index contributed by atoms with van der Waals surface area (Å²) in [6.07, 6.45) is 0.598. The highest BCUT2D eigenvalue weighted by molar-refractivity contribution is 6.31. The number of hydrogen-bond donors (Lipinski definition) is 1. The zero-order valence-corrected chi connectivity index (χ0v) is 27.5. The van der Waals surface area contributed by atoms with Crippen molar-refractivity contribution in [1.29, 1.82) is 0 Å². The molecule has 0 bridgehead atoms. The van der Waals surface area contributed by atoms with Gasteiger partial charge in [-0.15, -0.1) is 0 Å². The van der Waals surface area contributed by atoms with Gasteiger partial charge >= 0.3 is 5.97 Å². The predicted molar refractivity (Wildman–Crippen MR) is 167 cm³/mol. The second-order valence-electron chi connectivity index (χ2n) is 13.8. The zero-order chi connectivity index (χ0) is 32.6. The molecule has 1 saturated heterocycles. The highest BCUT2D eigenvalue weighted by atomic mass is 35.5. The van der Waals surface area contributed by atoms with Crippen molar-refractivity contribution in [3.63, 3.8) is 0 Å². The molecule has 2 aromatic heterocycles. The Kier molecular flexibility index (Phi) is 9.57. The third-order valence-electron chi connectivity index (χ3n) is 7.82. The van der Waals surface area contributed by atoms with Crippen LogP contribution in [-0.2, 0) is 21.5 Å². The van der Waals surface area contributed by atoms with Crippen LogP contribution in [0.2, 0.25) is 5.02 Å². The van der Waals surface area contributed by atoms with Gasteiger partial charge in [0.05, 0.1) is 33.8 Å². The second-order valence-corrected chi connectivity index (χ2v) is 14.2. The van der Waals surface area contributed by atoms with Crippen LogP contribution in [-0.4, -0.2) is 56.1 Å². The van der Waals surface area contributed by atoms with Gasteiger partial charge in [-0.25, -0.2) is 13.8 Å². The molecule has 8 nitrogen and oxygen atoms in total. The largest absolute Gasteiger partial charge is 0.460 e. The van der Waals surface area contributed by atoms with Gasteiger partial charge < -0.3 is 10.1 Å². The van der Waals surface area contributed by atoms with Crippen molar-refractivity contribution in [2.45, 2.75) is 91.8 Å². The monoisotopic (exact) mass is 629 g/mol. The minimum atomic E-state index is -1.09. The average Bonchev–Trinajstić information content (AvgIpc) is 3.28. The number of nitrogens with one attached hydrogen (secondary N) is 1. The number of halogens is 3. The van der Waals surface area contributed by atoms with Gasteiger partial charge in [-0.3, -0.25) is 19.2 Å². The summed E-state index contributed by atoms with van der Waals surface area (Å²) >= 11 is 5.89. The summed E-state index contributed by atoms with van der Waals surface area (Å²) in [6.45, 7) is 15.7. The van der Waals surface area contributed by atoms with E-state index >= 15 is 4.39 Å². The number of piperidine rings is 1. The number of pyridine rings is 1. The fourth-order valence-corrected chi connectivity index (χ4v) is 5.92. The Bertz CT molecular complexity index is 1550. The maximum atomic E-state index is 15.3. The molecule has 0 saturated carbocycles. The van der Waals surface area contributed by atoms with Crippen LogP contribution in [0.4, 0.5) is 20.4 Å². The number of nitrogens with zero attached hydrogens (tertiary/aromatic N) is 4. The highest BCUT2D eigenvalue weighted by Crippen LogP contribution is 2.41. The molecule has 3 aromatic rings. The Hall–Kier alpha value is -3.37. The number of benzene rings is 1. The Balaban J connectivity index is 1.58. The molecule has 1 N–H and O–H groups in total. The first kappa shape index (κ1) is 33.5. The summed E-state index contributed by atoms with van der Waals surface area (Å²) in [4.78, 5) is 33.3. The number of anilines is 2. The average molecular weight is 630 g/mol. The van der Waals surface area contributed by atoms with Gasteiger partial charge in [0.2, 0.25) is 0 Å². The first-order valence-electron chi connectivity index (χ1n) is 14.8. The van der Waals surface area contributed by atoms with Gasteiger partial charge in [0, 0.05) is 30.8 Å². The quantitative estimate of drug-likeness (QED) is 0.207. The lowest BCUT2D eigenvalue weighted by Crippen LogP contribution is -2.52. The molecule has 0 amide bonds. The standard InChI is InChI=1S/C33H42ClF2N5O3/c1-20-16-28(39-41(20)31(3,4)5)38-27-13-12-24(35)25(37-27)18-33(30(43)44-32(6,7)8)14-15-40(21(2)17-33)19-26(42)22-10-9-11-23(34)29(22)36/h9-13,16,21H,14-15,17-19H2,1-8H3,(H,37,38,39)/t21-,33?/m1/s1. The van der Waals surface area contributed by atoms with E-state index in [1.54, 1.807) is 20.8 Å². The maximum Gasteiger partial charge on any atom is 0.313 e. The van der Waals surface area contributed by atoms with Crippen LogP contribution in [0.25, 0.3) is 0 Å². The molecule has 0 aliphatic carbocycles. The molecular formula is C33H42ClF2N5O3. The number of Topliss-reactive ketones (excluding diaryl/α,β-unsaturated/α-hetero) is 1. The third-order valence-corrected chi connectivity index (χ3v) is 8.11. The summed E-state index contributed by atoms with van der Waals surface area (Å²) in [6, 6.07) is 8.83. The van der Waals surface area contributed by atoms with Crippen LogP contribution >= 0.6 is 11.6 Å². The van der Waals surface area contributed by atoms with E-state index in [1.807, 2.05) is 29.5 Å². The highest BCUT2D eigenvalue weighted by Gasteiger charge is 2.47. The number of ketones is 1. The minimum Gasteiger partial charge on any atom is -0.460 e. The number of carbonyl (C=O) groups excluding carboxylic acids is 2. The lowest BCUT2D eigenvalue weighted by atomic mass is 9.72. The Morgan fingerprint density at radius 2 is 1.82 bits per heavy atom. The van der Waals surface area contributed by atoms with Gasteiger partial charge in [0.15, 0.2) is 17.4 Å². The number of esters is 1. The van der Waals surface area contributed by atoms with E-state index < -0.39 is 34.4 Å². The van der Waals surface area contributed by atoms with Gasteiger partial charge in [0.25, 0.3) is 0 Å². The number of hydrogen-bond acceptors (Lipinski definition) is 7. The lowest BCUT2D eigenvalue weighted by Gasteiger charge is -2.44. The van der Waals surface area contributed by atoms with E-state index in [-0.39, 0.29) is 40.8 Å². The smallest absolute Gasteiger partial charge is 0.313 e. The first-order valence-corrected chi connectivity index (χ1v) is 15.2. The lowest BCUT2D eigenvalue weighted by molar-refractivity contribution is -0.172. The first-order chi connectivity index (χ1) is 20.4. The van der Waals surface area contributed by atoms with Gasteiger partial charge in [-0.2, -0.15) is 5.10 Å². The maximum absolute atomic E-state index is 15.3. The van der Waals surface area contributed by atoms with Gasteiger partial charge in [0.1, 0.15) is 17.2 Å². The third kappa shape index (κ3) is 7.64. The molecule has 0 radical (unpaired) electrons. The summed E-state index contributed by atoms with van der Waals surface area (Å²) in [5.74, 6) is -1.15. The molecule has 1 aromatic carbocycles. The predicted octanol–water partition coefficient (Wildman–Crippen LogP) is 7.25. The van der Waals surface area contributed by atoms with Crippen molar-refractivity contribution in [3.8, 4) is 0 Å². The van der Waals surface area contributed by atoms with Crippen molar-refractivity contribution in [2.75, 3.05) is 18.4 Å². The minimum absolute atomic E-state index is 0.00771. The number of ether oxygens (including phenoxy) is 1. The molecule has 1 aliphatic rings. The Morgan fingerprint density at radius 1 is 1.11 bits per heavy atom. The van der Waals surface area contributed by atoms with Gasteiger partial charge in [-0.05, 0) is 92.5 Å². The van der Waals surface area contributed by atoms with E-state index in [1.165, 1.54) is 30.3 Å². The van der Waals surface area contributed by atoms with Crippen LogP contribution in [0.1, 0.15) is 83.1 Å². The summed E-state index contributed by atoms with van der Waals surface area (Å²) in [5.41, 5.74) is -1.06. The Labute approximate surface area is 263 Å². The molecule has 2 atom stereocenters. The number of aromatic nitrogens is 3. The summed E-state index contributed by atoms with van der Waals surface area (Å²) in [5, 5.41) is 7.69. The number of likely N-dealkylation sites (tertiary alicyclic amines) is 1.